The van der Waals surface area contributed by atoms with Crippen LogP contribution in [0.1, 0.15) is 39.5 Å². The van der Waals surface area contributed by atoms with Crippen LogP contribution in [0.3, 0.4) is 0 Å². The molecule has 0 radical (unpaired) electrons. The number of nitriles is 1. The third kappa shape index (κ3) is 4.21. The van der Waals surface area contributed by atoms with E-state index < -0.39 is 0 Å². The molecule has 0 saturated heterocycles. The second-order valence-corrected chi connectivity index (χ2v) is 7.88. The molecule has 2 unspecified atom stereocenters. The molecule has 2 atom stereocenters. The smallest absolute Gasteiger partial charge is 0.108 e. The fraction of sp³-hybridized carbons (Fsp3) is 0.600. The predicted octanol–water partition coefficient (Wildman–Crippen LogP) is 4.14. The maximum atomic E-state index is 9.57. The molecular formula is C15H20BrN3S. The van der Waals surface area contributed by atoms with E-state index in [0.717, 1.165) is 35.2 Å². The lowest BCUT2D eigenvalue weighted by Gasteiger charge is -2.37. The predicted molar refractivity (Wildman–Crippen MR) is 86.7 cm³/mol. The summed E-state index contributed by atoms with van der Waals surface area (Å²) in [4.78, 5) is 4.42. The third-order valence-corrected chi connectivity index (χ3v) is 5.16. The van der Waals surface area contributed by atoms with Crippen LogP contribution in [-0.2, 0) is 0 Å². The lowest BCUT2D eigenvalue weighted by molar-refractivity contribution is 0.284. The van der Waals surface area contributed by atoms with Crippen molar-refractivity contribution in [3.8, 4) is 6.07 Å². The van der Waals surface area contributed by atoms with Crippen molar-refractivity contribution in [2.45, 2.75) is 61.4 Å². The van der Waals surface area contributed by atoms with E-state index >= 15 is 0 Å². The monoisotopic (exact) mass is 353 g/mol. The molecule has 1 aromatic rings. The number of aromatic nitrogens is 1. The molecule has 2 rings (SSSR count). The first-order valence-electron chi connectivity index (χ1n) is 7.00. The van der Waals surface area contributed by atoms with Crippen LogP contribution in [0.5, 0.6) is 0 Å². The van der Waals surface area contributed by atoms with Gasteiger partial charge in [0.25, 0.3) is 0 Å². The first kappa shape index (κ1) is 15.8. The Morgan fingerprint density at radius 3 is 2.95 bits per heavy atom. The Labute approximate surface area is 133 Å². The molecule has 0 bridgehead atoms. The minimum atomic E-state index is -0.362. The SMILES string of the molecule is CC(C)NC1(C#N)CCCC(Sc2ccc(Br)cn2)C1. The Morgan fingerprint density at radius 2 is 2.35 bits per heavy atom. The zero-order valence-corrected chi connectivity index (χ0v) is 14.3. The molecule has 1 aliphatic carbocycles. The minimum absolute atomic E-state index is 0.337. The minimum Gasteiger partial charge on any atom is -0.297 e. The van der Waals surface area contributed by atoms with Gasteiger partial charge in [0.1, 0.15) is 5.54 Å². The first-order chi connectivity index (χ1) is 9.53. The highest BCUT2D eigenvalue weighted by molar-refractivity contribution is 9.10. The van der Waals surface area contributed by atoms with Crippen molar-refractivity contribution in [1.82, 2.24) is 10.3 Å². The fourth-order valence-electron chi connectivity index (χ4n) is 2.75. The summed E-state index contributed by atoms with van der Waals surface area (Å²) in [6.07, 6.45) is 5.93. The Bertz CT molecular complexity index is 483. The maximum Gasteiger partial charge on any atom is 0.108 e. The number of pyridine rings is 1. The van der Waals surface area contributed by atoms with Gasteiger partial charge in [0.2, 0.25) is 0 Å². The van der Waals surface area contributed by atoms with Crippen LogP contribution in [0.25, 0.3) is 0 Å². The van der Waals surface area contributed by atoms with Crippen LogP contribution in [0.2, 0.25) is 0 Å². The lowest BCUT2D eigenvalue weighted by atomic mass is 9.82. The van der Waals surface area contributed by atoms with E-state index in [1.807, 2.05) is 18.3 Å². The zero-order valence-electron chi connectivity index (χ0n) is 11.9. The molecule has 0 aliphatic heterocycles. The van der Waals surface area contributed by atoms with Crippen molar-refractivity contribution in [1.29, 1.82) is 5.26 Å². The molecule has 1 aliphatic rings. The van der Waals surface area contributed by atoms with Crippen LogP contribution in [0.15, 0.2) is 27.8 Å². The number of halogens is 1. The van der Waals surface area contributed by atoms with Gasteiger partial charge in [0.05, 0.1) is 11.1 Å². The standard InChI is InChI=1S/C15H20BrN3S/c1-11(2)19-15(10-17)7-3-4-13(8-15)20-14-6-5-12(16)9-18-14/h5-6,9,11,13,19H,3-4,7-8H2,1-2H3. The molecule has 1 saturated carbocycles. The van der Waals surface area contributed by atoms with Crippen LogP contribution in [0, 0.1) is 11.3 Å². The molecule has 0 spiro atoms. The summed E-state index contributed by atoms with van der Waals surface area (Å²) in [6, 6.07) is 6.91. The summed E-state index contributed by atoms with van der Waals surface area (Å²) in [5.41, 5.74) is -0.362. The Kier molecular flexibility index (Phi) is 5.48. The number of thioether (sulfide) groups is 1. The highest BCUT2D eigenvalue weighted by Gasteiger charge is 2.37. The van der Waals surface area contributed by atoms with Gasteiger partial charge in [-0.05, 0) is 67.6 Å². The van der Waals surface area contributed by atoms with Gasteiger partial charge in [-0.1, -0.05) is 0 Å². The molecule has 0 amide bonds. The van der Waals surface area contributed by atoms with Crippen molar-refractivity contribution >= 4 is 27.7 Å². The molecule has 20 heavy (non-hydrogen) atoms. The van der Waals surface area contributed by atoms with Crippen LogP contribution < -0.4 is 5.32 Å². The lowest BCUT2D eigenvalue weighted by Crippen LogP contribution is -2.51. The number of nitrogens with one attached hydrogen (secondary N) is 1. The van der Waals surface area contributed by atoms with Gasteiger partial charge in [0.15, 0.2) is 0 Å². The average molecular weight is 354 g/mol. The summed E-state index contributed by atoms with van der Waals surface area (Å²) < 4.78 is 0.998. The van der Waals surface area contributed by atoms with Crippen LogP contribution in [0.4, 0.5) is 0 Å². The molecule has 1 N–H and O–H groups in total. The number of hydrogen-bond acceptors (Lipinski definition) is 4. The third-order valence-electron chi connectivity index (χ3n) is 3.47. The van der Waals surface area contributed by atoms with E-state index in [1.165, 1.54) is 0 Å². The molecule has 1 heterocycles. The van der Waals surface area contributed by atoms with E-state index in [2.05, 4.69) is 46.1 Å². The largest absolute Gasteiger partial charge is 0.297 e. The topological polar surface area (TPSA) is 48.7 Å². The van der Waals surface area contributed by atoms with Crippen molar-refractivity contribution in [3.63, 3.8) is 0 Å². The zero-order chi connectivity index (χ0) is 14.6. The maximum absolute atomic E-state index is 9.57. The quantitative estimate of drug-likeness (QED) is 0.883. The Balaban J connectivity index is 2.03. The summed E-state index contributed by atoms with van der Waals surface area (Å²) >= 11 is 5.20. The number of hydrogen-bond donors (Lipinski definition) is 1. The molecule has 5 heteroatoms. The van der Waals surface area contributed by atoms with Crippen molar-refractivity contribution in [2.75, 3.05) is 0 Å². The van der Waals surface area contributed by atoms with Gasteiger partial charge >= 0.3 is 0 Å². The molecular weight excluding hydrogens is 334 g/mol. The normalized spacial score (nSPS) is 26.4. The summed E-state index contributed by atoms with van der Waals surface area (Å²) in [7, 11) is 0. The molecule has 0 aromatic carbocycles. The molecule has 3 nitrogen and oxygen atoms in total. The van der Waals surface area contributed by atoms with Gasteiger partial charge in [-0.3, -0.25) is 5.32 Å². The second kappa shape index (κ2) is 6.93. The average Bonchev–Trinajstić information content (AvgIpc) is 2.41. The second-order valence-electron chi connectivity index (χ2n) is 5.64. The van der Waals surface area contributed by atoms with Crippen LogP contribution >= 0.6 is 27.7 Å². The van der Waals surface area contributed by atoms with Crippen LogP contribution in [-0.4, -0.2) is 21.8 Å². The van der Waals surface area contributed by atoms with E-state index in [-0.39, 0.29) is 5.54 Å². The Hall–Kier alpha value is -0.570. The van der Waals surface area contributed by atoms with Gasteiger partial charge in [-0.15, -0.1) is 11.8 Å². The van der Waals surface area contributed by atoms with Gasteiger partial charge in [-0.2, -0.15) is 5.26 Å². The fourth-order valence-corrected chi connectivity index (χ4v) is 4.23. The summed E-state index contributed by atoms with van der Waals surface area (Å²) in [6.45, 7) is 4.21. The number of nitrogens with zero attached hydrogens (tertiary/aromatic N) is 2. The molecule has 108 valence electrons. The summed E-state index contributed by atoms with van der Waals surface area (Å²) in [5.74, 6) is 0. The van der Waals surface area contributed by atoms with Gasteiger partial charge < -0.3 is 0 Å². The Morgan fingerprint density at radius 1 is 1.55 bits per heavy atom. The van der Waals surface area contributed by atoms with Crippen molar-refractivity contribution < 1.29 is 0 Å². The summed E-state index contributed by atoms with van der Waals surface area (Å²) in [5, 5.41) is 14.5. The van der Waals surface area contributed by atoms with E-state index in [4.69, 9.17) is 0 Å². The van der Waals surface area contributed by atoms with E-state index in [9.17, 15) is 5.26 Å². The van der Waals surface area contributed by atoms with E-state index in [0.29, 0.717) is 11.3 Å². The number of rotatable bonds is 4. The molecule has 1 fully saturated rings. The molecule has 1 aromatic heterocycles. The van der Waals surface area contributed by atoms with Gasteiger partial charge in [0, 0.05) is 22.0 Å². The van der Waals surface area contributed by atoms with E-state index in [1.54, 1.807) is 11.8 Å². The van der Waals surface area contributed by atoms with Gasteiger partial charge in [-0.25, -0.2) is 4.98 Å². The van der Waals surface area contributed by atoms with Crippen molar-refractivity contribution in [3.05, 3.63) is 22.8 Å². The first-order valence-corrected chi connectivity index (χ1v) is 8.67. The highest BCUT2D eigenvalue weighted by Crippen LogP contribution is 2.37. The van der Waals surface area contributed by atoms with Crippen molar-refractivity contribution in [2.24, 2.45) is 0 Å². The highest BCUT2D eigenvalue weighted by atomic mass is 79.9.